The van der Waals surface area contributed by atoms with Crippen LogP contribution in [0.2, 0.25) is 0 Å². The van der Waals surface area contributed by atoms with Crippen molar-refractivity contribution in [3.05, 3.63) is 52.0 Å². The van der Waals surface area contributed by atoms with Crippen LogP contribution in [0.5, 0.6) is 0 Å². The Hall–Kier alpha value is -1.80. The van der Waals surface area contributed by atoms with Crippen molar-refractivity contribution < 1.29 is 9.90 Å². The molecule has 23 heavy (non-hydrogen) atoms. The monoisotopic (exact) mass is 350 g/mol. The summed E-state index contributed by atoms with van der Waals surface area (Å²) in [6, 6.07) is 11.2. The number of carboxylic acid groups (broad SMARTS) is 1. The Balaban J connectivity index is 2.66. The number of nitrogens with zero attached hydrogens (tertiary/aromatic N) is 2. The Morgan fingerprint density at radius 2 is 1.96 bits per heavy atom. The fraction of sp³-hybridized carbons (Fsp3) is 0.294. The highest BCUT2D eigenvalue weighted by atomic mass is 35.5. The van der Waals surface area contributed by atoms with Gasteiger partial charge in [-0.05, 0) is 25.7 Å². The van der Waals surface area contributed by atoms with Crippen molar-refractivity contribution in [3.8, 4) is 6.07 Å². The van der Waals surface area contributed by atoms with E-state index in [9.17, 15) is 15.2 Å². The Morgan fingerprint density at radius 1 is 1.35 bits per heavy atom. The summed E-state index contributed by atoms with van der Waals surface area (Å²) >= 11 is 12.8. The molecule has 0 spiro atoms. The van der Waals surface area contributed by atoms with E-state index in [0.29, 0.717) is 5.57 Å². The van der Waals surface area contributed by atoms with Crippen LogP contribution in [-0.4, -0.2) is 36.6 Å². The molecule has 0 amide bonds. The third kappa shape index (κ3) is 3.13. The number of hydrogen-bond donors (Lipinski definition) is 1. The lowest BCUT2D eigenvalue weighted by molar-refractivity contribution is -0.148. The van der Waals surface area contributed by atoms with Crippen LogP contribution in [-0.2, 0) is 4.79 Å². The van der Waals surface area contributed by atoms with E-state index in [2.05, 4.69) is 6.07 Å². The first-order valence-corrected chi connectivity index (χ1v) is 7.70. The minimum absolute atomic E-state index is 0.120. The summed E-state index contributed by atoms with van der Waals surface area (Å²) < 4.78 is 0. The number of carbonyl (C=O) groups is 1. The van der Waals surface area contributed by atoms with Crippen molar-refractivity contribution in [2.24, 2.45) is 11.3 Å². The maximum atomic E-state index is 12.0. The minimum Gasteiger partial charge on any atom is -0.481 e. The number of carboxylic acids is 1. The molecule has 0 saturated carbocycles. The summed E-state index contributed by atoms with van der Waals surface area (Å²) in [4.78, 5) is 13.7. The molecule has 0 saturated heterocycles. The predicted molar refractivity (Wildman–Crippen MR) is 90.9 cm³/mol. The first kappa shape index (κ1) is 17.6. The molecule has 0 fully saturated rings. The molecule has 1 aliphatic carbocycles. The van der Waals surface area contributed by atoms with Gasteiger partial charge in [-0.15, -0.1) is 0 Å². The van der Waals surface area contributed by atoms with Crippen molar-refractivity contribution in [1.82, 2.24) is 4.90 Å². The van der Waals surface area contributed by atoms with E-state index >= 15 is 0 Å². The summed E-state index contributed by atoms with van der Waals surface area (Å²) in [7, 11) is 3.48. The second-order valence-corrected chi connectivity index (χ2v) is 6.54. The van der Waals surface area contributed by atoms with E-state index in [0.717, 1.165) is 5.56 Å². The first-order chi connectivity index (χ1) is 10.8. The highest BCUT2D eigenvalue weighted by molar-refractivity contribution is 6.43. The molecule has 6 heteroatoms. The molecular formula is C17H16Cl2N2O2. The maximum absolute atomic E-state index is 12.0. The van der Waals surface area contributed by atoms with Crippen molar-refractivity contribution >= 4 is 34.7 Å². The Bertz CT molecular complexity index is 720. The smallest absolute Gasteiger partial charge is 0.316 e. The van der Waals surface area contributed by atoms with Crippen molar-refractivity contribution in [2.45, 2.75) is 0 Å². The van der Waals surface area contributed by atoms with Crippen LogP contribution in [0.25, 0.3) is 5.57 Å². The topological polar surface area (TPSA) is 64.3 Å². The number of hydrogen-bond acceptors (Lipinski definition) is 3. The zero-order valence-electron chi connectivity index (χ0n) is 12.8. The molecular weight excluding hydrogens is 335 g/mol. The number of benzene rings is 1. The van der Waals surface area contributed by atoms with Gasteiger partial charge in [-0.1, -0.05) is 53.5 Å². The second-order valence-electron chi connectivity index (χ2n) is 5.73. The number of halogens is 2. The lowest BCUT2D eigenvalue weighted by Crippen LogP contribution is -2.46. The second kappa shape index (κ2) is 6.76. The molecule has 1 N–H and O–H groups in total. The van der Waals surface area contributed by atoms with Gasteiger partial charge in [-0.2, -0.15) is 5.26 Å². The summed E-state index contributed by atoms with van der Waals surface area (Å²) in [5.74, 6) is -2.14. The fourth-order valence-electron chi connectivity index (χ4n) is 2.83. The largest absolute Gasteiger partial charge is 0.481 e. The van der Waals surface area contributed by atoms with E-state index < -0.39 is 17.3 Å². The number of aliphatic carboxylic acids is 1. The summed E-state index contributed by atoms with van der Waals surface area (Å²) in [5, 5.41) is 19.8. The standard InChI is InChI=1S/C17H16Cl2N2O2/c1-21(2)10-17(16(22)23)8-13(18)14(15(19)12(17)9-20)11-6-4-3-5-7-11/h3-8,12H,10H2,1-2H3,(H,22,23). The molecule has 0 bridgehead atoms. The molecule has 1 aromatic rings. The van der Waals surface area contributed by atoms with Crippen LogP contribution in [0.4, 0.5) is 0 Å². The van der Waals surface area contributed by atoms with Crippen molar-refractivity contribution in [3.63, 3.8) is 0 Å². The van der Waals surface area contributed by atoms with E-state index in [1.807, 2.05) is 30.3 Å². The Morgan fingerprint density at radius 3 is 2.43 bits per heavy atom. The van der Waals surface area contributed by atoms with Crippen LogP contribution >= 0.6 is 23.2 Å². The van der Waals surface area contributed by atoms with Gasteiger partial charge >= 0.3 is 5.97 Å². The van der Waals surface area contributed by atoms with Crippen molar-refractivity contribution in [2.75, 3.05) is 20.6 Å². The molecule has 1 aromatic carbocycles. The molecule has 1 aliphatic rings. The van der Waals surface area contributed by atoms with Crippen molar-refractivity contribution in [1.29, 1.82) is 5.26 Å². The SMILES string of the molecule is CN(C)CC1(C(=O)O)C=C(Cl)C(c2ccccc2)=C(Cl)C1C#N. The Kier molecular flexibility index (Phi) is 5.16. The molecule has 0 heterocycles. The molecule has 2 unspecified atom stereocenters. The zero-order valence-corrected chi connectivity index (χ0v) is 14.3. The molecule has 120 valence electrons. The van der Waals surface area contributed by atoms with E-state index in [1.54, 1.807) is 19.0 Å². The number of allylic oxidation sites excluding steroid dienone is 3. The van der Waals surface area contributed by atoms with E-state index in [4.69, 9.17) is 23.2 Å². The van der Waals surface area contributed by atoms with E-state index in [1.165, 1.54) is 6.08 Å². The van der Waals surface area contributed by atoms with Crippen LogP contribution in [0.15, 0.2) is 46.5 Å². The predicted octanol–water partition coefficient (Wildman–Crippen LogP) is 3.55. The highest BCUT2D eigenvalue weighted by Crippen LogP contribution is 2.49. The molecule has 2 atom stereocenters. The summed E-state index contributed by atoms with van der Waals surface area (Å²) in [5.41, 5.74) is -0.219. The average molecular weight is 351 g/mol. The summed E-state index contributed by atoms with van der Waals surface area (Å²) in [6.07, 6.45) is 1.44. The normalized spacial score (nSPS) is 24.3. The summed E-state index contributed by atoms with van der Waals surface area (Å²) in [6.45, 7) is 0.120. The van der Waals surface area contributed by atoms with Gasteiger partial charge in [0.1, 0.15) is 11.3 Å². The molecule has 0 aliphatic heterocycles. The van der Waals surface area contributed by atoms with Gasteiger partial charge in [0, 0.05) is 22.2 Å². The van der Waals surface area contributed by atoms with Gasteiger partial charge in [-0.3, -0.25) is 4.79 Å². The molecule has 0 radical (unpaired) electrons. The van der Waals surface area contributed by atoms with Gasteiger partial charge in [-0.25, -0.2) is 0 Å². The minimum atomic E-state index is -1.48. The molecule has 2 rings (SSSR count). The van der Waals surface area contributed by atoms with Crippen LogP contribution in [0.3, 0.4) is 0 Å². The number of nitriles is 1. The van der Waals surface area contributed by atoms with Gasteiger partial charge in [0.15, 0.2) is 0 Å². The van der Waals surface area contributed by atoms with Gasteiger partial charge in [0.2, 0.25) is 0 Å². The first-order valence-electron chi connectivity index (χ1n) is 6.95. The fourth-order valence-corrected chi connectivity index (χ4v) is 3.74. The molecule has 0 aromatic heterocycles. The van der Waals surface area contributed by atoms with E-state index in [-0.39, 0.29) is 16.6 Å². The third-order valence-electron chi connectivity index (χ3n) is 3.80. The highest BCUT2D eigenvalue weighted by Gasteiger charge is 2.50. The lowest BCUT2D eigenvalue weighted by atomic mass is 9.70. The number of rotatable bonds is 4. The zero-order chi connectivity index (χ0) is 17.2. The lowest BCUT2D eigenvalue weighted by Gasteiger charge is -2.37. The quantitative estimate of drug-likeness (QED) is 0.901. The van der Waals surface area contributed by atoms with Crippen LogP contribution in [0.1, 0.15) is 5.56 Å². The van der Waals surface area contributed by atoms with Gasteiger partial charge in [0.25, 0.3) is 0 Å². The Labute approximate surface area is 145 Å². The van der Waals surface area contributed by atoms with Gasteiger partial charge in [0.05, 0.1) is 6.07 Å². The average Bonchev–Trinajstić information content (AvgIpc) is 2.47. The van der Waals surface area contributed by atoms with Gasteiger partial charge < -0.3 is 10.0 Å². The molecule has 4 nitrogen and oxygen atoms in total. The third-order valence-corrected chi connectivity index (χ3v) is 4.50. The maximum Gasteiger partial charge on any atom is 0.316 e. The van der Waals surface area contributed by atoms with Crippen LogP contribution < -0.4 is 0 Å². The van der Waals surface area contributed by atoms with Crippen LogP contribution in [0, 0.1) is 22.7 Å².